The Hall–Kier alpha value is -3.46. The van der Waals surface area contributed by atoms with E-state index in [2.05, 4.69) is 9.97 Å². The van der Waals surface area contributed by atoms with Crippen LogP contribution in [-0.2, 0) is 4.74 Å². The smallest absolute Gasteiger partial charge is 0.335 e. The lowest BCUT2D eigenvalue weighted by Gasteiger charge is -2.48. The van der Waals surface area contributed by atoms with Gasteiger partial charge < -0.3 is 24.7 Å². The Balaban J connectivity index is 1.15. The predicted octanol–water partition coefficient (Wildman–Crippen LogP) is 5.59. The third-order valence-electron chi connectivity index (χ3n) is 7.94. The molecule has 196 valence electrons. The van der Waals surface area contributed by atoms with Gasteiger partial charge in [-0.2, -0.15) is 4.98 Å². The molecular formula is C29H28ClN3O5. The molecule has 1 saturated heterocycles. The summed E-state index contributed by atoms with van der Waals surface area (Å²) in [5.41, 5.74) is 4.80. The number of pyridine rings is 1. The number of aliphatic hydroxyl groups is 1. The highest BCUT2D eigenvalue weighted by Crippen LogP contribution is 2.44. The average Bonchev–Trinajstić information content (AvgIpc) is 3.30. The second-order valence-corrected chi connectivity index (χ2v) is 10.7. The van der Waals surface area contributed by atoms with Crippen molar-refractivity contribution in [3.63, 3.8) is 0 Å². The second-order valence-electron chi connectivity index (χ2n) is 10.3. The van der Waals surface area contributed by atoms with Crippen molar-refractivity contribution in [3.05, 3.63) is 65.2 Å². The number of fused-ring (bicyclic) bond motifs is 1. The largest absolute Gasteiger partial charge is 0.478 e. The Bertz CT molecular complexity index is 1450. The molecule has 2 aromatic heterocycles. The normalized spacial score (nSPS) is 20.7. The van der Waals surface area contributed by atoms with E-state index >= 15 is 0 Å². The summed E-state index contributed by atoms with van der Waals surface area (Å²) in [6, 6.07) is 16.8. The van der Waals surface area contributed by atoms with Gasteiger partial charge in [0.2, 0.25) is 0 Å². The molecule has 38 heavy (non-hydrogen) atoms. The molecule has 0 atom stereocenters. The number of carboxylic acid groups (broad SMARTS) is 1. The van der Waals surface area contributed by atoms with Crippen LogP contribution in [0.25, 0.3) is 33.5 Å². The molecule has 6 rings (SSSR count). The summed E-state index contributed by atoms with van der Waals surface area (Å²) < 4.78 is 11.6. The van der Waals surface area contributed by atoms with Crippen LogP contribution >= 0.6 is 11.6 Å². The fraction of sp³-hybridized carbons (Fsp3) is 0.345. The summed E-state index contributed by atoms with van der Waals surface area (Å²) in [5, 5.41) is 19.4. The molecule has 1 aliphatic heterocycles. The van der Waals surface area contributed by atoms with Gasteiger partial charge in [-0.1, -0.05) is 48.0 Å². The first-order valence-electron chi connectivity index (χ1n) is 12.8. The van der Waals surface area contributed by atoms with Gasteiger partial charge in [-0.25, -0.2) is 9.78 Å². The number of rotatable bonds is 7. The van der Waals surface area contributed by atoms with E-state index in [4.69, 9.17) is 31.2 Å². The molecule has 0 amide bonds. The summed E-state index contributed by atoms with van der Waals surface area (Å²) >= 11 is 6.60. The molecule has 4 aromatic rings. The van der Waals surface area contributed by atoms with E-state index in [1.54, 1.807) is 24.3 Å². The zero-order chi connectivity index (χ0) is 26.3. The van der Waals surface area contributed by atoms with Crippen LogP contribution in [0.2, 0.25) is 5.02 Å². The average molecular weight is 534 g/mol. The number of ether oxygens (including phenoxy) is 2. The first-order valence-corrected chi connectivity index (χ1v) is 13.2. The van der Waals surface area contributed by atoms with Gasteiger partial charge >= 0.3 is 5.97 Å². The number of aliphatic hydroxyl groups excluding tert-OH is 1. The zero-order valence-corrected chi connectivity index (χ0v) is 21.4. The number of nitrogens with one attached hydrogen (secondary N) is 1. The van der Waals surface area contributed by atoms with Crippen molar-refractivity contribution in [2.24, 2.45) is 11.3 Å². The quantitative estimate of drug-likeness (QED) is 0.283. The minimum atomic E-state index is -0.947. The molecule has 2 aromatic carbocycles. The Morgan fingerprint density at radius 3 is 2.21 bits per heavy atom. The van der Waals surface area contributed by atoms with E-state index in [-0.39, 0.29) is 23.7 Å². The summed E-state index contributed by atoms with van der Waals surface area (Å²) in [7, 11) is 0. The maximum Gasteiger partial charge on any atom is 0.335 e. The van der Waals surface area contributed by atoms with Crippen molar-refractivity contribution in [2.45, 2.75) is 31.8 Å². The van der Waals surface area contributed by atoms with Gasteiger partial charge in [0, 0.05) is 11.0 Å². The maximum atomic E-state index is 11.1. The van der Waals surface area contributed by atoms with Crippen LogP contribution in [0.1, 0.15) is 36.0 Å². The van der Waals surface area contributed by atoms with Crippen LogP contribution in [0, 0.1) is 11.3 Å². The summed E-state index contributed by atoms with van der Waals surface area (Å²) in [6.07, 6.45) is 3.89. The molecule has 8 nitrogen and oxygen atoms in total. The Morgan fingerprint density at radius 2 is 1.63 bits per heavy atom. The van der Waals surface area contributed by atoms with Gasteiger partial charge in [-0.3, -0.25) is 0 Å². The standard InChI is InChI=1S/C29H28ClN3O5/c30-23-13-24-26(33-28(31-24)38-22-11-9-21(10-12-22)29(14-34)15-37-16-29)32-25(23)19-5-1-17(2-6-19)18-3-7-20(8-4-18)27(35)36/h1-8,13,21-22,34H,9-12,14-16H2,(H,35,36)(H,31,32,33). The highest BCUT2D eigenvalue weighted by atomic mass is 35.5. The molecule has 0 radical (unpaired) electrons. The van der Waals surface area contributed by atoms with E-state index in [0.29, 0.717) is 47.0 Å². The summed E-state index contributed by atoms with van der Waals surface area (Å²) in [6.45, 7) is 1.49. The number of nitrogens with zero attached hydrogens (tertiary/aromatic N) is 2. The Labute approximate surface area is 224 Å². The molecule has 0 bridgehead atoms. The number of aromatic amines is 1. The number of H-pyrrole nitrogens is 1. The third kappa shape index (κ3) is 4.64. The van der Waals surface area contributed by atoms with E-state index in [1.807, 2.05) is 30.3 Å². The van der Waals surface area contributed by atoms with E-state index < -0.39 is 5.97 Å². The fourth-order valence-electron chi connectivity index (χ4n) is 5.55. The van der Waals surface area contributed by atoms with Gasteiger partial charge in [0.25, 0.3) is 6.01 Å². The van der Waals surface area contributed by atoms with Crippen LogP contribution < -0.4 is 4.74 Å². The fourth-order valence-corrected chi connectivity index (χ4v) is 5.81. The number of hydrogen-bond donors (Lipinski definition) is 3. The Morgan fingerprint density at radius 1 is 1.00 bits per heavy atom. The Kier molecular flexibility index (Phi) is 6.55. The molecule has 3 N–H and O–H groups in total. The van der Waals surface area contributed by atoms with Crippen molar-refractivity contribution < 1.29 is 24.5 Å². The van der Waals surface area contributed by atoms with Crippen molar-refractivity contribution in [2.75, 3.05) is 19.8 Å². The topological polar surface area (TPSA) is 118 Å². The summed E-state index contributed by atoms with van der Waals surface area (Å²) in [4.78, 5) is 23.6. The molecule has 1 aliphatic carbocycles. The highest BCUT2D eigenvalue weighted by molar-refractivity contribution is 6.33. The monoisotopic (exact) mass is 533 g/mol. The lowest BCUT2D eigenvalue weighted by molar-refractivity contribution is -0.176. The van der Waals surface area contributed by atoms with Crippen molar-refractivity contribution in [1.29, 1.82) is 0 Å². The van der Waals surface area contributed by atoms with Crippen LogP contribution in [0.4, 0.5) is 0 Å². The molecule has 1 saturated carbocycles. The van der Waals surface area contributed by atoms with Crippen molar-refractivity contribution in [1.82, 2.24) is 15.0 Å². The first-order chi connectivity index (χ1) is 18.4. The molecule has 2 aliphatic rings. The first kappa shape index (κ1) is 24.9. The van der Waals surface area contributed by atoms with E-state index in [9.17, 15) is 9.90 Å². The molecule has 3 heterocycles. The number of imidazole rings is 1. The molecule has 2 fully saturated rings. The van der Waals surface area contributed by atoms with Gasteiger partial charge in [0.1, 0.15) is 6.10 Å². The molecule has 9 heteroatoms. The lowest BCUT2D eigenvalue weighted by Crippen LogP contribution is -2.52. The molecule has 0 spiro atoms. The highest BCUT2D eigenvalue weighted by Gasteiger charge is 2.46. The van der Waals surface area contributed by atoms with Crippen LogP contribution in [0.5, 0.6) is 6.01 Å². The lowest BCUT2D eigenvalue weighted by atomic mass is 9.67. The second kappa shape index (κ2) is 10.0. The number of hydrogen-bond acceptors (Lipinski definition) is 6. The number of carboxylic acids is 1. The van der Waals surface area contributed by atoms with Crippen LogP contribution in [-0.4, -0.2) is 57.1 Å². The molecular weight excluding hydrogens is 506 g/mol. The number of halogens is 1. The third-order valence-corrected chi connectivity index (χ3v) is 8.23. The van der Waals surface area contributed by atoms with Gasteiger partial charge in [0.05, 0.1) is 41.6 Å². The van der Waals surface area contributed by atoms with Crippen molar-refractivity contribution in [3.8, 4) is 28.4 Å². The van der Waals surface area contributed by atoms with E-state index in [0.717, 1.165) is 42.4 Å². The van der Waals surface area contributed by atoms with Crippen LogP contribution in [0.15, 0.2) is 54.6 Å². The minimum absolute atomic E-state index is 0.0649. The maximum absolute atomic E-state index is 11.1. The number of carbonyl (C=O) groups is 1. The van der Waals surface area contributed by atoms with Crippen molar-refractivity contribution >= 4 is 28.7 Å². The minimum Gasteiger partial charge on any atom is -0.478 e. The SMILES string of the molecule is O=C(O)c1ccc(-c2ccc(-c3nc4nc(OC5CCC(C6(CO)COC6)CC5)[nH]c4cc3Cl)cc2)cc1. The van der Waals surface area contributed by atoms with Gasteiger partial charge in [-0.15, -0.1) is 0 Å². The van der Waals surface area contributed by atoms with E-state index in [1.165, 1.54) is 0 Å². The number of aromatic carboxylic acids is 1. The number of aromatic nitrogens is 3. The van der Waals surface area contributed by atoms with Gasteiger partial charge in [0.15, 0.2) is 5.65 Å². The zero-order valence-electron chi connectivity index (χ0n) is 20.7. The van der Waals surface area contributed by atoms with Crippen LogP contribution in [0.3, 0.4) is 0 Å². The predicted molar refractivity (Wildman–Crippen MR) is 143 cm³/mol. The van der Waals surface area contributed by atoms with Gasteiger partial charge in [-0.05, 0) is 60.9 Å². The number of benzene rings is 2. The molecule has 0 unspecified atom stereocenters. The summed E-state index contributed by atoms with van der Waals surface area (Å²) in [5.74, 6) is -0.479.